The van der Waals surface area contributed by atoms with Crippen LogP contribution in [-0.2, 0) is 18.5 Å². The van der Waals surface area contributed by atoms with Gasteiger partial charge in [0.1, 0.15) is 11.6 Å². The fourth-order valence-electron chi connectivity index (χ4n) is 2.21. The van der Waals surface area contributed by atoms with Crippen LogP contribution in [0.5, 0.6) is 0 Å². The maximum absolute atomic E-state index is 13.5. The second kappa shape index (κ2) is 7.71. The van der Waals surface area contributed by atoms with Crippen LogP contribution < -0.4 is 10.6 Å². The Kier molecular flexibility index (Phi) is 5.89. The Morgan fingerprint density at radius 1 is 0.958 bits per heavy atom. The van der Waals surface area contributed by atoms with E-state index in [9.17, 15) is 8.78 Å². The highest BCUT2D eigenvalue weighted by atomic mass is 32.1. The van der Waals surface area contributed by atoms with Crippen molar-refractivity contribution in [1.29, 1.82) is 0 Å². The first-order valence-electron chi connectivity index (χ1n) is 7.81. The molecule has 0 aliphatic carbocycles. The molecule has 0 saturated heterocycles. The van der Waals surface area contributed by atoms with Gasteiger partial charge in [-0.15, -0.1) is 0 Å². The lowest BCUT2D eigenvalue weighted by Gasteiger charge is -2.19. The minimum absolute atomic E-state index is 0.127. The number of hydrogen-bond acceptors (Lipinski definition) is 1. The summed E-state index contributed by atoms with van der Waals surface area (Å²) in [5.41, 5.74) is 2.89. The van der Waals surface area contributed by atoms with E-state index >= 15 is 0 Å². The zero-order valence-electron chi connectivity index (χ0n) is 14.1. The Labute approximate surface area is 147 Å². The lowest BCUT2D eigenvalue weighted by atomic mass is 9.87. The van der Waals surface area contributed by atoms with Gasteiger partial charge in [0.25, 0.3) is 0 Å². The highest BCUT2D eigenvalue weighted by molar-refractivity contribution is 7.80. The van der Waals surface area contributed by atoms with Crippen LogP contribution >= 0.6 is 12.2 Å². The van der Waals surface area contributed by atoms with Crippen LogP contribution in [0.15, 0.2) is 42.5 Å². The first-order chi connectivity index (χ1) is 11.3. The van der Waals surface area contributed by atoms with Crippen LogP contribution in [0.4, 0.5) is 8.78 Å². The fraction of sp³-hybridized carbons (Fsp3) is 0.316. The van der Waals surface area contributed by atoms with E-state index in [0.29, 0.717) is 17.2 Å². The fourth-order valence-corrected chi connectivity index (χ4v) is 2.35. The third kappa shape index (κ3) is 5.27. The molecule has 5 heteroatoms. The molecule has 0 amide bonds. The third-order valence-electron chi connectivity index (χ3n) is 3.73. The molecule has 2 nitrogen and oxygen atoms in total. The molecule has 0 radical (unpaired) electrons. The van der Waals surface area contributed by atoms with Crippen molar-refractivity contribution in [3.05, 3.63) is 70.8 Å². The van der Waals surface area contributed by atoms with Crippen LogP contribution in [0, 0.1) is 11.6 Å². The molecule has 2 rings (SSSR count). The number of thiocarbonyl (C=S) groups is 1. The van der Waals surface area contributed by atoms with Crippen LogP contribution in [0.2, 0.25) is 0 Å². The summed E-state index contributed by atoms with van der Waals surface area (Å²) < 4.78 is 26.4. The number of nitrogens with one attached hydrogen (secondary N) is 2. The van der Waals surface area contributed by atoms with Crippen molar-refractivity contribution in [2.45, 2.75) is 39.3 Å². The van der Waals surface area contributed by atoms with Gasteiger partial charge in [-0.25, -0.2) is 8.78 Å². The maximum atomic E-state index is 13.5. The minimum atomic E-state index is -0.587. The second-order valence-electron chi connectivity index (χ2n) is 6.72. The summed E-state index contributed by atoms with van der Waals surface area (Å²) in [5.74, 6) is -1.17. The zero-order chi connectivity index (χ0) is 17.7. The second-order valence-corrected chi connectivity index (χ2v) is 7.13. The SMILES string of the molecule is CC(C)(C)c1ccc(CNC(=S)NCc2ccc(F)cc2F)cc1. The molecule has 0 aliphatic rings. The summed E-state index contributed by atoms with van der Waals surface area (Å²) in [7, 11) is 0. The van der Waals surface area contributed by atoms with E-state index in [-0.39, 0.29) is 12.0 Å². The van der Waals surface area contributed by atoms with Gasteiger partial charge in [0.2, 0.25) is 0 Å². The van der Waals surface area contributed by atoms with E-state index < -0.39 is 11.6 Å². The molecule has 0 saturated carbocycles. The maximum Gasteiger partial charge on any atom is 0.166 e. The average Bonchev–Trinajstić information content (AvgIpc) is 2.51. The number of halogens is 2. The van der Waals surface area contributed by atoms with Gasteiger partial charge in [0, 0.05) is 24.7 Å². The molecule has 0 aromatic heterocycles. The van der Waals surface area contributed by atoms with Crippen LogP contribution in [-0.4, -0.2) is 5.11 Å². The lowest BCUT2D eigenvalue weighted by Crippen LogP contribution is -2.34. The quantitative estimate of drug-likeness (QED) is 0.800. The lowest BCUT2D eigenvalue weighted by molar-refractivity contribution is 0.569. The summed E-state index contributed by atoms with van der Waals surface area (Å²) in [6, 6.07) is 11.9. The summed E-state index contributed by atoms with van der Waals surface area (Å²) in [6.07, 6.45) is 0. The van der Waals surface area contributed by atoms with Gasteiger partial charge in [-0.1, -0.05) is 51.1 Å². The molecular weight excluding hydrogens is 326 g/mol. The van der Waals surface area contributed by atoms with Crippen molar-refractivity contribution in [3.8, 4) is 0 Å². The normalized spacial score (nSPS) is 11.2. The number of hydrogen-bond donors (Lipinski definition) is 2. The van der Waals surface area contributed by atoms with Crippen molar-refractivity contribution < 1.29 is 8.78 Å². The Balaban J connectivity index is 1.83. The molecule has 0 fully saturated rings. The summed E-state index contributed by atoms with van der Waals surface area (Å²) in [5, 5.41) is 6.43. The summed E-state index contributed by atoms with van der Waals surface area (Å²) in [6.45, 7) is 7.32. The Morgan fingerprint density at radius 3 is 2.17 bits per heavy atom. The smallest absolute Gasteiger partial charge is 0.166 e. The molecule has 0 unspecified atom stereocenters. The van der Waals surface area contributed by atoms with Crippen molar-refractivity contribution in [1.82, 2.24) is 10.6 Å². The third-order valence-corrected chi connectivity index (χ3v) is 4.02. The van der Waals surface area contributed by atoms with Gasteiger partial charge in [0.05, 0.1) is 0 Å². The van der Waals surface area contributed by atoms with Gasteiger partial charge in [-0.05, 0) is 34.8 Å². The molecule has 24 heavy (non-hydrogen) atoms. The van der Waals surface area contributed by atoms with Crippen molar-refractivity contribution in [3.63, 3.8) is 0 Å². The van der Waals surface area contributed by atoms with Crippen molar-refractivity contribution >= 4 is 17.3 Å². The topological polar surface area (TPSA) is 24.1 Å². The molecule has 0 atom stereocenters. The van der Waals surface area contributed by atoms with Crippen LogP contribution in [0.1, 0.15) is 37.5 Å². The van der Waals surface area contributed by atoms with Crippen LogP contribution in [0.3, 0.4) is 0 Å². The van der Waals surface area contributed by atoms with Crippen molar-refractivity contribution in [2.24, 2.45) is 0 Å². The van der Waals surface area contributed by atoms with Gasteiger partial charge >= 0.3 is 0 Å². The van der Waals surface area contributed by atoms with Gasteiger partial charge < -0.3 is 10.6 Å². The molecule has 0 spiro atoms. The van der Waals surface area contributed by atoms with E-state index in [4.69, 9.17) is 12.2 Å². The largest absolute Gasteiger partial charge is 0.359 e. The Hall–Kier alpha value is -2.01. The van der Waals surface area contributed by atoms with E-state index in [0.717, 1.165) is 11.6 Å². The number of benzene rings is 2. The predicted molar refractivity (Wildman–Crippen MR) is 97.8 cm³/mol. The predicted octanol–water partition coefficient (Wildman–Crippen LogP) is 4.43. The molecule has 2 aromatic rings. The average molecular weight is 348 g/mol. The first-order valence-corrected chi connectivity index (χ1v) is 8.21. The van der Waals surface area contributed by atoms with E-state index in [2.05, 4.69) is 55.7 Å². The molecule has 128 valence electrons. The Bertz CT molecular complexity index is 706. The highest BCUT2D eigenvalue weighted by Crippen LogP contribution is 2.22. The zero-order valence-corrected chi connectivity index (χ0v) is 14.9. The Morgan fingerprint density at radius 2 is 1.58 bits per heavy atom. The molecular formula is C19H22F2N2S. The van der Waals surface area contributed by atoms with Crippen LogP contribution in [0.25, 0.3) is 0 Å². The first kappa shape index (κ1) is 18.3. The minimum Gasteiger partial charge on any atom is -0.359 e. The highest BCUT2D eigenvalue weighted by Gasteiger charge is 2.12. The monoisotopic (exact) mass is 348 g/mol. The molecule has 2 aromatic carbocycles. The number of rotatable bonds is 4. The van der Waals surface area contributed by atoms with Gasteiger partial charge in [0.15, 0.2) is 5.11 Å². The standard InChI is InChI=1S/C19H22F2N2S/c1-19(2,3)15-7-4-13(5-8-15)11-22-18(24)23-12-14-6-9-16(20)10-17(14)21/h4-10H,11-12H2,1-3H3,(H2,22,23,24). The van der Waals surface area contributed by atoms with E-state index in [1.54, 1.807) is 0 Å². The summed E-state index contributed by atoms with van der Waals surface area (Å²) in [4.78, 5) is 0. The molecule has 0 bridgehead atoms. The van der Waals surface area contributed by atoms with Crippen molar-refractivity contribution in [2.75, 3.05) is 0 Å². The summed E-state index contributed by atoms with van der Waals surface area (Å²) >= 11 is 5.19. The van der Waals surface area contributed by atoms with Gasteiger partial charge in [-0.2, -0.15) is 0 Å². The van der Waals surface area contributed by atoms with Gasteiger partial charge in [-0.3, -0.25) is 0 Å². The molecule has 0 aliphatic heterocycles. The van der Waals surface area contributed by atoms with E-state index in [1.165, 1.54) is 17.7 Å². The van der Waals surface area contributed by atoms with E-state index in [1.807, 2.05) is 0 Å². The molecule has 2 N–H and O–H groups in total. The molecule has 0 heterocycles.